The van der Waals surface area contributed by atoms with E-state index in [1.54, 1.807) is 13.1 Å². The largest absolute Gasteiger partial charge is 0.381 e. The van der Waals surface area contributed by atoms with Gasteiger partial charge in [0.2, 0.25) is 0 Å². The van der Waals surface area contributed by atoms with Crippen molar-refractivity contribution >= 4 is 0 Å². The molecule has 0 saturated carbocycles. The first-order chi connectivity index (χ1) is 5.68. The summed E-state index contributed by atoms with van der Waals surface area (Å²) in [5, 5.41) is 8.87. The van der Waals surface area contributed by atoms with Gasteiger partial charge in [0.25, 0.3) is 0 Å². The van der Waals surface area contributed by atoms with E-state index in [-0.39, 0.29) is 0 Å². The molecule has 0 aromatic carbocycles. The summed E-state index contributed by atoms with van der Waals surface area (Å²) >= 11 is 0. The van der Waals surface area contributed by atoms with E-state index in [1.807, 2.05) is 19.1 Å². The Kier molecular flexibility index (Phi) is 2.84. The van der Waals surface area contributed by atoms with Gasteiger partial charge in [0.15, 0.2) is 0 Å². The number of aliphatic hydroxyl groups excluding tert-OH is 1. The van der Waals surface area contributed by atoms with Crippen molar-refractivity contribution in [3.8, 4) is 11.8 Å². The SMILES string of the molecule is Cc1ccc(C#CC(C)O)nc1. The number of hydrogen-bond donors (Lipinski definition) is 1. The molecule has 0 amide bonds. The molecule has 0 saturated heterocycles. The third-order valence-corrected chi connectivity index (χ3v) is 1.32. The highest BCUT2D eigenvalue weighted by Crippen LogP contribution is 1.96. The van der Waals surface area contributed by atoms with Crippen LogP contribution in [0.5, 0.6) is 0 Å². The second kappa shape index (κ2) is 3.89. The third kappa shape index (κ3) is 2.73. The van der Waals surface area contributed by atoms with Crippen molar-refractivity contribution < 1.29 is 5.11 Å². The molecule has 1 heterocycles. The van der Waals surface area contributed by atoms with Gasteiger partial charge in [-0.3, -0.25) is 0 Å². The molecule has 1 N–H and O–H groups in total. The van der Waals surface area contributed by atoms with Gasteiger partial charge in [0.1, 0.15) is 11.8 Å². The molecule has 0 spiro atoms. The molecule has 0 aliphatic heterocycles. The Morgan fingerprint density at radius 2 is 2.25 bits per heavy atom. The second-order valence-corrected chi connectivity index (χ2v) is 2.67. The summed E-state index contributed by atoms with van der Waals surface area (Å²) in [6.07, 6.45) is 1.17. The summed E-state index contributed by atoms with van der Waals surface area (Å²) in [5.41, 5.74) is 1.80. The molecule has 1 rings (SSSR count). The maximum Gasteiger partial charge on any atom is 0.113 e. The molecule has 0 bridgehead atoms. The van der Waals surface area contributed by atoms with E-state index in [4.69, 9.17) is 5.11 Å². The van der Waals surface area contributed by atoms with Crippen LogP contribution in [0.3, 0.4) is 0 Å². The molecule has 12 heavy (non-hydrogen) atoms. The zero-order valence-corrected chi connectivity index (χ0v) is 7.20. The molecule has 1 aromatic rings. The summed E-state index contributed by atoms with van der Waals surface area (Å²) < 4.78 is 0. The number of rotatable bonds is 0. The molecule has 0 radical (unpaired) electrons. The maximum absolute atomic E-state index is 8.87. The quantitative estimate of drug-likeness (QED) is 0.578. The Morgan fingerprint density at radius 3 is 2.75 bits per heavy atom. The minimum Gasteiger partial charge on any atom is -0.381 e. The van der Waals surface area contributed by atoms with Gasteiger partial charge < -0.3 is 5.11 Å². The van der Waals surface area contributed by atoms with Crippen LogP contribution in [-0.2, 0) is 0 Å². The van der Waals surface area contributed by atoms with E-state index in [2.05, 4.69) is 16.8 Å². The number of aliphatic hydroxyl groups is 1. The van der Waals surface area contributed by atoms with Gasteiger partial charge in [0.05, 0.1) is 0 Å². The van der Waals surface area contributed by atoms with Gasteiger partial charge in [-0.05, 0) is 31.4 Å². The van der Waals surface area contributed by atoms with E-state index in [0.29, 0.717) is 5.69 Å². The highest BCUT2D eigenvalue weighted by Gasteiger charge is 1.88. The van der Waals surface area contributed by atoms with Crippen molar-refractivity contribution in [1.29, 1.82) is 0 Å². The van der Waals surface area contributed by atoms with E-state index >= 15 is 0 Å². The first-order valence-electron chi connectivity index (χ1n) is 3.81. The second-order valence-electron chi connectivity index (χ2n) is 2.67. The zero-order chi connectivity index (χ0) is 8.97. The first kappa shape index (κ1) is 8.76. The predicted octanol–water partition coefficient (Wildman–Crippen LogP) is 1.12. The van der Waals surface area contributed by atoms with Crippen LogP contribution in [0.4, 0.5) is 0 Å². The Morgan fingerprint density at radius 1 is 1.50 bits per heavy atom. The minimum absolute atomic E-state index is 0.590. The third-order valence-electron chi connectivity index (χ3n) is 1.32. The standard InChI is InChI=1S/C10H11NO/c1-8-3-5-10(11-7-8)6-4-9(2)12/h3,5,7,9,12H,1-2H3. The van der Waals surface area contributed by atoms with Crippen LogP contribution in [0.15, 0.2) is 18.3 Å². The molecule has 2 nitrogen and oxygen atoms in total. The lowest BCUT2D eigenvalue weighted by molar-refractivity contribution is 0.253. The molecule has 62 valence electrons. The predicted molar refractivity (Wildman–Crippen MR) is 47.5 cm³/mol. The molecular weight excluding hydrogens is 150 g/mol. The van der Waals surface area contributed by atoms with Crippen molar-refractivity contribution in [2.75, 3.05) is 0 Å². The van der Waals surface area contributed by atoms with Crippen LogP contribution >= 0.6 is 0 Å². The molecular formula is C10H11NO. The summed E-state index contributed by atoms with van der Waals surface area (Å²) in [4.78, 5) is 4.07. The average molecular weight is 161 g/mol. The van der Waals surface area contributed by atoms with Crippen LogP contribution in [0.2, 0.25) is 0 Å². The van der Waals surface area contributed by atoms with Gasteiger partial charge in [-0.2, -0.15) is 0 Å². The van der Waals surface area contributed by atoms with Crippen molar-refractivity contribution in [3.05, 3.63) is 29.6 Å². The summed E-state index contributed by atoms with van der Waals surface area (Å²) in [7, 11) is 0. The smallest absolute Gasteiger partial charge is 0.113 e. The van der Waals surface area contributed by atoms with Crippen LogP contribution in [0.1, 0.15) is 18.2 Å². The molecule has 0 aliphatic carbocycles. The van der Waals surface area contributed by atoms with Gasteiger partial charge in [-0.1, -0.05) is 12.0 Å². The van der Waals surface area contributed by atoms with E-state index in [1.165, 1.54) is 0 Å². The highest BCUT2D eigenvalue weighted by atomic mass is 16.3. The zero-order valence-electron chi connectivity index (χ0n) is 7.20. The maximum atomic E-state index is 8.87. The Bertz CT molecular complexity index is 303. The van der Waals surface area contributed by atoms with Crippen molar-refractivity contribution in [3.63, 3.8) is 0 Å². The van der Waals surface area contributed by atoms with E-state index < -0.39 is 6.10 Å². The fraction of sp³-hybridized carbons (Fsp3) is 0.300. The summed E-state index contributed by atoms with van der Waals surface area (Å²) in [6.45, 7) is 3.60. The first-order valence-corrected chi connectivity index (χ1v) is 3.81. The van der Waals surface area contributed by atoms with Crippen molar-refractivity contribution in [1.82, 2.24) is 4.98 Å². The molecule has 1 unspecified atom stereocenters. The van der Waals surface area contributed by atoms with E-state index in [0.717, 1.165) is 5.56 Å². The Balaban J connectivity index is 2.79. The normalized spacial score (nSPS) is 11.6. The fourth-order valence-electron chi connectivity index (χ4n) is 0.720. The summed E-state index contributed by atoms with van der Waals surface area (Å²) in [6, 6.07) is 3.78. The van der Waals surface area contributed by atoms with Gasteiger partial charge in [-0.25, -0.2) is 4.98 Å². The molecule has 1 atom stereocenters. The molecule has 2 heteroatoms. The lowest BCUT2D eigenvalue weighted by Gasteiger charge is -1.91. The molecule has 0 aliphatic rings. The molecule has 1 aromatic heterocycles. The topological polar surface area (TPSA) is 33.1 Å². The van der Waals surface area contributed by atoms with Crippen LogP contribution in [-0.4, -0.2) is 16.2 Å². The van der Waals surface area contributed by atoms with Crippen LogP contribution in [0, 0.1) is 18.8 Å². The Labute approximate surface area is 72.3 Å². The molecule has 0 fully saturated rings. The Hall–Kier alpha value is -1.33. The minimum atomic E-state index is -0.590. The van der Waals surface area contributed by atoms with Gasteiger partial charge in [-0.15, -0.1) is 0 Å². The average Bonchev–Trinajstić information content (AvgIpc) is 2.03. The van der Waals surface area contributed by atoms with Gasteiger partial charge >= 0.3 is 0 Å². The van der Waals surface area contributed by atoms with Crippen molar-refractivity contribution in [2.24, 2.45) is 0 Å². The highest BCUT2D eigenvalue weighted by molar-refractivity contribution is 5.29. The monoisotopic (exact) mass is 161 g/mol. The number of nitrogens with zero attached hydrogens (tertiary/aromatic N) is 1. The van der Waals surface area contributed by atoms with Gasteiger partial charge in [0, 0.05) is 6.20 Å². The lowest BCUT2D eigenvalue weighted by Crippen LogP contribution is -1.93. The lowest BCUT2D eigenvalue weighted by atomic mass is 10.2. The van der Waals surface area contributed by atoms with Crippen LogP contribution < -0.4 is 0 Å². The number of aromatic nitrogens is 1. The summed E-state index contributed by atoms with van der Waals surface area (Å²) in [5.74, 6) is 5.38. The number of aryl methyl sites for hydroxylation is 1. The fourth-order valence-corrected chi connectivity index (χ4v) is 0.720. The number of pyridine rings is 1. The van der Waals surface area contributed by atoms with E-state index in [9.17, 15) is 0 Å². The van der Waals surface area contributed by atoms with Crippen molar-refractivity contribution in [2.45, 2.75) is 20.0 Å². The van der Waals surface area contributed by atoms with Crippen LogP contribution in [0.25, 0.3) is 0 Å². The number of hydrogen-bond acceptors (Lipinski definition) is 2.